The molecule has 0 unspecified atom stereocenters. The van der Waals surface area contributed by atoms with Crippen molar-refractivity contribution in [2.75, 3.05) is 0 Å². The van der Waals surface area contributed by atoms with Gasteiger partial charge in [0.1, 0.15) is 0 Å². The van der Waals surface area contributed by atoms with Crippen molar-refractivity contribution in [3.05, 3.63) is 28.3 Å². The van der Waals surface area contributed by atoms with E-state index >= 15 is 0 Å². The van der Waals surface area contributed by atoms with Crippen molar-refractivity contribution in [1.29, 1.82) is 0 Å². The van der Waals surface area contributed by atoms with Crippen molar-refractivity contribution in [3.8, 4) is 0 Å². The monoisotopic (exact) mass is 267 g/mol. The van der Waals surface area contributed by atoms with Gasteiger partial charge in [-0.1, -0.05) is 6.07 Å². The van der Waals surface area contributed by atoms with Gasteiger partial charge in [-0.25, -0.2) is 13.6 Å². The first-order valence-electron chi connectivity index (χ1n) is 4.67. The number of alkyl halides is 3. The molecule has 0 aromatic heterocycles. The normalized spacial score (nSPS) is 12.9. The van der Waals surface area contributed by atoms with Gasteiger partial charge in [0.05, 0.1) is 10.5 Å². The molecule has 2 N–H and O–H groups in total. The molecule has 0 saturated heterocycles. The standard InChI is InChI=1S/C10H12F3NO2S/c1-5-4-6(2)9(17(14,15)16)7(3)8(5)10(11,12)13/h4H,1-3H3,(H2,14,15,16). The van der Waals surface area contributed by atoms with Crippen LogP contribution in [0.3, 0.4) is 0 Å². The molecule has 0 bridgehead atoms. The summed E-state index contributed by atoms with van der Waals surface area (Å²) in [6.07, 6.45) is -4.60. The third kappa shape index (κ3) is 2.61. The van der Waals surface area contributed by atoms with Gasteiger partial charge in [0.25, 0.3) is 0 Å². The summed E-state index contributed by atoms with van der Waals surface area (Å²) in [6.45, 7) is 3.82. The first-order valence-corrected chi connectivity index (χ1v) is 6.21. The minimum atomic E-state index is -4.60. The Morgan fingerprint density at radius 1 is 1.12 bits per heavy atom. The van der Waals surface area contributed by atoms with Crippen molar-refractivity contribution < 1.29 is 21.6 Å². The Morgan fingerprint density at radius 2 is 1.59 bits per heavy atom. The Kier molecular flexibility index (Phi) is 3.28. The van der Waals surface area contributed by atoms with E-state index in [4.69, 9.17) is 5.14 Å². The summed E-state index contributed by atoms with van der Waals surface area (Å²) >= 11 is 0. The number of sulfonamides is 1. The highest BCUT2D eigenvalue weighted by molar-refractivity contribution is 7.89. The van der Waals surface area contributed by atoms with Crippen LogP contribution in [-0.2, 0) is 16.2 Å². The molecule has 7 heteroatoms. The first-order chi connectivity index (χ1) is 7.46. The predicted octanol–water partition coefficient (Wildman–Crippen LogP) is 2.28. The van der Waals surface area contributed by atoms with Crippen molar-refractivity contribution >= 4 is 10.0 Å². The SMILES string of the molecule is Cc1cc(C)c(S(N)(=O)=O)c(C)c1C(F)(F)F. The van der Waals surface area contributed by atoms with Gasteiger partial charge in [-0.2, -0.15) is 13.2 Å². The third-order valence-electron chi connectivity index (χ3n) is 2.47. The molecule has 0 atom stereocenters. The van der Waals surface area contributed by atoms with E-state index in [1.807, 2.05) is 0 Å². The summed E-state index contributed by atoms with van der Waals surface area (Å²) in [5, 5.41) is 4.93. The molecule has 1 rings (SSSR count). The van der Waals surface area contributed by atoms with Crippen LogP contribution in [0.25, 0.3) is 0 Å². The summed E-state index contributed by atoms with van der Waals surface area (Å²) < 4.78 is 60.9. The molecule has 0 saturated carbocycles. The van der Waals surface area contributed by atoms with Gasteiger partial charge >= 0.3 is 6.18 Å². The lowest BCUT2D eigenvalue weighted by atomic mass is 9.99. The van der Waals surface area contributed by atoms with Gasteiger partial charge in [-0.15, -0.1) is 0 Å². The minimum absolute atomic E-state index is 0.0140. The van der Waals surface area contributed by atoms with E-state index in [1.165, 1.54) is 19.9 Å². The second kappa shape index (κ2) is 3.99. The fourth-order valence-corrected chi connectivity index (χ4v) is 3.08. The van der Waals surface area contributed by atoms with Crippen LogP contribution in [0.4, 0.5) is 13.2 Å². The van der Waals surface area contributed by atoms with E-state index in [9.17, 15) is 21.6 Å². The molecular formula is C10H12F3NO2S. The number of aryl methyl sites for hydroxylation is 2. The Hall–Kier alpha value is -1.08. The van der Waals surface area contributed by atoms with Crippen LogP contribution in [0.1, 0.15) is 22.3 Å². The van der Waals surface area contributed by atoms with Gasteiger partial charge in [0, 0.05) is 0 Å². The Bertz CT molecular complexity index is 562. The number of hydrogen-bond acceptors (Lipinski definition) is 2. The molecule has 0 radical (unpaired) electrons. The first kappa shape index (κ1) is 14.0. The maximum atomic E-state index is 12.8. The summed E-state index contributed by atoms with van der Waals surface area (Å²) in [5.74, 6) is 0. The Labute approximate surface area is 97.5 Å². The van der Waals surface area contributed by atoms with Crippen LogP contribution in [0.2, 0.25) is 0 Å². The van der Waals surface area contributed by atoms with Gasteiger partial charge in [-0.3, -0.25) is 0 Å². The molecule has 3 nitrogen and oxygen atoms in total. The van der Waals surface area contributed by atoms with E-state index in [0.717, 1.165) is 6.92 Å². The minimum Gasteiger partial charge on any atom is -0.225 e. The zero-order chi connectivity index (χ0) is 13.6. The van der Waals surface area contributed by atoms with E-state index in [-0.39, 0.29) is 16.7 Å². The smallest absolute Gasteiger partial charge is 0.225 e. The van der Waals surface area contributed by atoms with E-state index in [0.29, 0.717) is 0 Å². The molecule has 0 heterocycles. The number of primary sulfonamides is 1. The molecule has 0 aliphatic heterocycles. The number of nitrogens with two attached hydrogens (primary N) is 1. The van der Waals surface area contributed by atoms with E-state index in [1.54, 1.807) is 0 Å². The lowest BCUT2D eigenvalue weighted by Crippen LogP contribution is -2.19. The fourth-order valence-electron chi connectivity index (χ4n) is 2.04. The second-order valence-corrected chi connectivity index (χ2v) is 5.38. The topological polar surface area (TPSA) is 60.2 Å². The third-order valence-corrected chi connectivity index (χ3v) is 3.67. The highest BCUT2D eigenvalue weighted by Crippen LogP contribution is 2.37. The van der Waals surface area contributed by atoms with Crippen LogP contribution in [0.5, 0.6) is 0 Å². The lowest BCUT2D eigenvalue weighted by molar-refractivity contribution is -0.138. The summed E-state index contributed by atoms with van der Waals surface area (Å²) in [4.78, 5) is -0.449. The number of rotatable bonds is 1. The van der Waals surface area contributed by atoms with E-state index < -0.39 is 26.7 Å². The molecule has 1 aromatic rings. The molecule has 0 aliphatic rings. The molecule has 17 heavy (non-hydrogen) atoms. The van der Waals surface area contributed by atoms with Crippen molar-refractivity contribution in [2.45, 2.75) is 31.8 Å². The maximum Gasteiger partial charge on any atom is 0.416 e. The molecule has 0 amide bonds. The van der Waals surface area contributed by atoms with Crippen molar-refractivity contribution in [2.24, 2.45) is 5.14 Å². The van der Waals surface area contributed by atoms with Crippen LogP contribution < -0.4 is 5.14 Å². The quantitative estimate of drug-likeness (QED) is 0.848. The molecular weight excluding hydrogens is 255 g/mol. The summed E-state index contributed by atoms with van der Waals surface area (Å²) in [6, 6.07) is 1.18. The molecule has 0 aliphatic carbocycles. The highest BCUT2D eigenvalue weighted by atomic mass is 32.2. The van der Waals surface area contributed by atoms with Crippen LogP contribution in [-0.4, -0.2) is 8.42 Å². The highest BCUT2D eigenvalue weighted by Gasteiger charge is 2.36. The molecule has 0 fully saturated rings. The zero-order valence-corrected chi connectivity index (χ0v) is 10.3. The number of halogens is 3. The number of benzene rings is 1. The largest absolute Gasteiger partial charge is 0.416 e. The average Bonchev–Trinajstić information content (AvgIpc) is 1.94. The molecule has 96 valence electrons. The average molecular weight is 267 g/mol. The zero-order valence-electron chi connectivity index (χ0n) is 9.51. The summed E-state index contributed by atoms with van der Waals surface area (Å²) in [5.41, 5.74) is -1.08. The van der Waals surface area contributed by atoms with Gasteiger partial charge in [0.2, 0.25) is 10.0 Å². The van der Waals surface area contributed by atoms with Crippen LogP contribution >= 0.6 is 0 Å². The van der Waals surface area contributed by atoms with Gasteiger partial charge in [0.15, 0.2) is 0 Å². The predicted molar refractivity (Wildman–Crippen MR) is 57.0 cm³/mol. The van der Waals surface area contributed by atoms with Gasteiger partial charge in [-0.05, 0) is 37.5 Å². The number of hydrogen-bond donors (Lipinski definition) is 1. The second-order valence-electron chi connectivity index (χ2n) is 3.88. The molecule has 1 aromatic carbocycles. The van der Waals surface area contributed by atoms with E-state index in [2.05, 4.69) is 0 Å². The fraction of sp³-hybridized carbons (Fsp3) is 0.400. The van der Waals surface area contributed by atoms with Crippen molar-refractivity contribution in [3.63, 3.8) is 0 Å². The Morgan fingerprint density at radius 3 is 1.94 bits per heavy atom. The van der Waals surface area contributed by atoms with Crippen LogP contribution in [0, 0.1) is 20.8 Å². The Balaban J connectivity index is 3.80. The summed E-state index contributed by atoms with van der Waals surface area (Å²) in [7, 11) is -4.16. The van der Waals surface area contributed by atoms with Gasteiger partial charge < -0.3 is 0 Å². The molecule has 0 spiro atoms. The van der Waals surface area contributed by atoms with Crippen LogP contribution in [0.15, 0.2) is 11.0 Å². The maximum absolute atomic E-state index is 12.8. The lowest BCUT2D eigenvalue weighted by Gasteiger charge is -2.17. The van der Waals surface area contributed by atoms with Crippen molar-refractivity contribution in [1.82, 2.24) is 0 Å².